The lowest BCUT2D eigenvalue weighted by molar-refractivity contribution is 0.469. The number of aromatic nitrogens is 2. The predicted molar refractivity (Wildman–Crippen MR) is 327 cm³/mol. The van der Waals surface area contributed by atoms with Crippen LogP contribution >= 0.6 is 0 Å². The fourth-order valence-electron chi connectivity index (χ4n) is 13.7. The highest BCUT2D eigenvalue weighted by molar-refractivity contribution is 6.99. The lowest BCUT2D eigenvalue weighted by Gasteiger charge is -2.45. The van der Waals surface area contributed by atoms with Crippen LogP contribution in [0.4, 0.5) is 17.1 Å². The van der Waals surface area contributed by atoms with Gasteiger partial charge in [0.15, 0.2) is 11.5 Å². The van der Waals surface area contributed by atoms with E-state index in [9.17, 15) is 0 Å². The first-order valence-corrected chi connectivity index (χ1v) is 27.9. The third-order valence-electron chi connectivity index (χ3n) is 18.2. The summed E-state index contributed by atoms with van der Waals surface area (Å²) in [4.78, 5) is 2.61. The standard InChI is InChI=1S/C71H72BN3O/c1-66(2,3)39-21-25-44(26-22-39)73-57-20-18-19-51-63(57)72(54-36-47-49-31-42(69(10,11)12)30-48-45-29-40(67(4,5)6)23-27-55(45)74(64(48)49)59(47)38-60(54)73)53-35-46-50-32-43(70(13,14)15)34-62-65(50)75(58(46)37-52(53)71(51,16)17)56-28-24-41(68(7,8)9)33-61(56)76-62/h18-38H,1-17H3. The highest BCUT2D eigenvalue weighted by Gasteiger charge is 2.47. The molecule has 14 rings (SSSR count). The Morgan fingerprint density at radius 3 is 1.57 bits per heavy atom. The SMILES string of the molecule is CC(C)(C)c1ccc(N2c3cc4c(cc3B3c5cc6c7cc(C(C)(C)C)cc8c7n(c6cc5C(C)(C)c5cccc2c53)-c2ccc(C(C)(C)C)cc2O8)c2cc(C(C)(C)C)cc3c5cc(C(C)(C)C)ccc5n4c32)cc1. The summed E-state index contributed by atoms with van der Waals surface area (Å²) in [6, 6.07) is 51.0. The molecule has 380 valence electrons. The molecule has 3 aliphatic rings. The average Bonchev–Trinajstić information content (AvgIpc) is 4.16. The number of fused-ring (bicyclic) bond motifs is 15. The molecule has 5 heteroatoms. The van der Waals surface area contributed by atoms with Gasteiger partial charge in [0.1, 0.15) is 0 Å². The van der Waals surface area contributed by atoms with E-state index in [1.165, 1.54) is 127 Å². The van der Waals surface area contributed by atoms with Crippen LogP contribution in [0.1, 0.15) is 157 Å². The van der Waals surface area contributed by atoms with E-state index >= 15 is 0 Å². The van der Waals surface area contributed by atoms with E-state index in [0.29, 0.717) is 0 Å². The van der Waals surface area contributed by atoms with Gasteiger partial charge in [-0.1, -0.05) is 172 Å². The van der Waals surface area contributed by atoms with Crippen LogP contribution in [-0.4, -0.2) is 15.7 Å². The molecular weight excluding hydrogens is 922 g/mol. The Hall–Kier alpha value is -6.98. The van der Waals surface area contributed by atoms with Crippen molar-refractivity contribution in [3.8, 4) is 17.2 Å². The first kappa shape index (κ1) is 47.5. The quantitative estimate of drug-likeness (QED) is 0.153. The zero-order valence-corrected chi connectivity index (χ0v) is 48.0. The number of hydrogen-bond donors (Lipinski definition) is 0. The zero-order valence-electron chi connectivity index (χ0n) is 48.0. The van der Waals surface area contributed by atoms with E-state index in [1.54, 1.807) is 0 Å². The summed E-state index contributed by atoms with van der Waals surface area (Å²) < 4.78 is 12.2. The van der Waals surface area contributed by atoms with E-state index in [1.807, 2.05) is 0 Å². The Morgan fingerprint density at radius 1 is 0.395 bits per heavy atom. The van der Waals surface area contributed by atoms with Crippen LogP contribution in [0.5, 0.6) is 11.5 Å². The van der Waals surface area contributed by atoms with Gasteiger partial charge in [-0.3, -0.25) is 0 Å². The molecule has 8 aromatic carbocycles. The highest BCUT2D eigenvalue weighted by Crippen LogP contribution is 2.52. The van der Waals surface area contributed by atoms with E-state index in [4.69, 9.17) is 4.74 Å². The molecule has 0 bridgehead atoms. The molecule has 76 heavy (non-hydrogen) atoms. The number of ether oxygens (including phenoxy) is 1. The zero-order chi connectivity index (χ0) is 53.5. The molecule has 0 spiro atoms. The van der Waals surface area contributed by atoms with Crippen molar-refractivity contribution in [1.82, 2.24) is 8.97 Å². The molecule has 0 fully saturated rings. The van der Waals surface area contributed by atoms with Crippen molar-refractivity contribution in [1.29, 1.82) is 0 Å². The van der Waals surface area contributed by atoms with Crippen LogP contribution in [0.2, 0.25) is 0 Å². The van der Waals surface area contributed by atoms with Gasteiger partial charge in [0.25, 0.3) is 0 Å². The lowest BCUT2D eigenvalue weighted by atomic mass is 9.30. The Labute approximate surface area is 450 Å². The van der Waals surface area contributed by atoms with Gasteiger partial charge in [-0.05, 0) is 156 Å². The molecule has 0 saturated heterocycles. The van der Waals surface area contributed by atoms with E-state index in [2.05, 4.69) is 259 Å². The predicted octanol–water partition coefficient (Wildman–Crippen LogP) is 17.5. The highest BCUT2D eigenvalue weighted by atomic mass is 16.5. The third-order valence-corrected chi connectivity index (χ3v) is 18.2. The van der Waals surface area contributed by atoms with Crippen molar-refractivity contribution in [3.05, 3.63) is 166 Å². The lowest BCUT2D eigenvalue weighted by Crippen LogP contribution is -2.64. The van der Waals surface area contributed by atoms with Crippen LogP contribution in [0.25, 0.3) is 65.6 Å². The van der Waals surface area contributed by atoms with Crippen molar-refractivity contribution in [2.75, 3.05) is 4.90 Å². The summed E-state index contributed by atoms with van der Waals surface area (Å²) in [6.07, 6.45) is 0. The Bertz CT molecular complexity index is 4350. The molecule has 11 aromatic rings. The van der Waals surface area contributed by atoms with Gasteiger partial charge in [0.2, 0.25) is 6.71 Å². The molecule has 3 aromatic heterocycles. The normalized spacial score (nSPS) is 15.3. The molecule has 4 nitrogen and oxygen atoms in total. The molecule has 0 aliphatic carbocycles. The fraction of sp³-hybridized carbons (Fsp3) is 0.324. The van der Waals surface area contributed by atoms with Crippen molar-refractivity contribution in [2.24, 2.45) is 0 Å². The minimum atomic E-state index is -0.321. The molecule has 3 aliphatic heterocycles. The maximum absolute atomic E-state index is 7.10. The minimum absolute atomic E-state index is 0.0215. The van der Waals surface area contributed by atoms with Crippen LogP contribution in [-0.2, 0) is 32.5 Å². The topological polar surface area (TPSA) is 21.8 Å². The molecule has 0 N–H and O–H groups in total. The summed E-state index contributed by atoms with van der Waals surface area (Å²) in [5.41, 5.74) is 24.1. The van der Waals surface area contributed by atoms with Crippen LogP contribution in [0.15, 0.2) is 127 Å². The number of rotatable bonds is 1. The maximum Gasteiger partial charge on any atom is 0.247 e. The third kappa shape index (κ3) is 6.44. The van der Waals surface area contributed by atoms with E-state index in [0.717, 1.165) is 22.7 Å². The van der Waals surface area contributed by atoms with Crippen molar-refractivity contribution < 1.29 is 4.74 Å². The fourth-order valence-corrected chi connectivity index (χ4v) is 13.7. The van der Waals surface area contributed by atoms with E-state index < -0.39 is 0 Å². The largest absolute Gasteiger partial charge is 0.453 e. The van der Waals surface area contributed by atoms with Crippen molar-refractivity contribution >= 4 is 100 Å². The monoisotopic (exact) mass is 994 g/mol. The second-order valence-electron chi connectivity index (χ2n) is 28.8. The minimum Gasteiger partial charge on any atom is -0.453 e. The smallest absolute Gasteiger partial charge is 0.247 e. The summed E-state index contributed by atoms with van der Waals surface area (Å²) in [6.45, 7) is 39.8. The molecular formula is C71H72BN3O. The number of hydrogen-bond acceptors (Lipinski definition) is 2. The second kappa shape index (κ2) is 14.7. The second-order valence-corrected chi connectivity index (χ2v) is 28.8. The van der Waals surface area contributed by atoms with Crippen LogP contribution in [0.3, 0.4) is 0 Å². The molecule has 0 atom stereocenters. The van der Waals surface area contributed by atoms with Crippen LogP contribution < -0.4 is 26.0 Å². The first-order valence-electron chi connectivity index (χ1n) is 27.9. The molecule has 6 heterocycles. The summed E-state index contributed by atoms with van der Waals surface area (Å²) in [5, 5.41) is 7.84. The molecule has 0 unspecified atom stereocenters. The molecule has 0 radical (unpaired) electrons. The van der Waals surface area contributed by atoms with Crippen molar-refractivity contribution in [2.45, 2.75) is 150 Å². The summed E-state index contributed by atoms with van der Waals surface area (Å²) in [7, 11) is 0. The van der Waals surface area contributed by atoms with Gasteiger partial charge in [-0.25, -0.2) is 0 Å². The van der Waals surface area contributed by atoms with E-state index in [-0.39, 0.29) is 39.2 Å². The number of benzene rings is 8. The average molecular weight is 994 g/mol. The first-order chi connectivity index (χ1) is 35.6. The Kier molecular flexibility index (Phi) is 9.20. The van der Waals surface area contributed by atoms with Gasteiger partial charge in [-0.15, -0.1) is 0 Å². The maximum atomic E-state index is 7.10. The van der Waals surface area contributed by atoms with Crippen molar-refractivity contribution in [3.63, 3.8) is 0 Å². The Morgan fingerprint density at radius 2 is 0.921 bits per heavy atom. The van der Waals surface area contributed by atoms with Gasteiger partial charge in [0, 0.05) is 54.8 Å². The van der Waals surface area contributed by atoms with Gasteiger partial charge in [0.05, 0.1) is 33.3 Å². The summed E-state index contributed by atoms with van der Waals surface area (Å²) in [5.74, 6) is 1.85. The van der Waals surface area contributed by atoms with Crippen LogP contribution in [0, 0.1) is 0 Å². The van der Waals surface area contributed by atoms with Gasteiger partial charge >= 0.3 is 0 Å². The number of anilines is 3. The Balaban J connectivity index is 1.11. The van der Waals surface area contributed by atoms with Gasteiger partial charge in [-0.2, -0.15) is 0 Å². The summed E-state index contributed by atoms with van der Waals surface area (Å²) >= 11 is 0. The van der Waals surface area contributed by atoms with Gasteiger partial charge < -0.3 is 18.6 Å². The number of nitrogens with zero attached hydrogens (tertiary/aromatic N) is 3. The molecule has 0 saturated carbocycles. The molecule has 0 amide bonds.